The zero-order valence-corrected chi connectivity index (χ0v) is 91.0. The molecule has 0 radical (unpaired) electrons. The molecule has 12 aromatic carbocycles. The molecule has 0 saturated heterocycles. The van der Waals surface area contributed by atoms with Gasteiger partial charge < -0.3 is 27.1 Å². The van der Waals surface area contributed by atoms with Gasteiger partial charge in [-0.25, -0.2) is 0 Å². The summed E-state index contributed by atoms with van der Waals surface area (Å²) in [4.78, 5) is 40.6. The van der Waals surface area contributed by atoms with Crippen LogP contribution in [0.15, 0.2) is 324 Å². The number of benzene rings is 12. The van der Waals surface area contributed by atoms with Gasteiger partial charge >= 0.3 is 84.3 Å². The minimum absolute atomic E-state index is 0. The Labute approximate surface area is 885 Å². The van der Waals surface area contributed by atoms with E-state index in [0.29, 0.717) is 11.8 Å². The molecule has 0 spiro atoms. The SMILES string of the molecule is CC1(C)c2[c-]c(ccc2)-c2cn(-c3ccccc3)c(n2)C(C)(C)c2nc(cn2-c2ccccc2)-c2[c-]c1ccc2.CC1(C)c2[c-]c(ccc2)-c2coc(n2)C(C)(C)c2nc(co2)-c2[c-]c1ccc2.CC1(C)c2[c-]c(ccc2)-c2csc(n2)C(C)(C)c2nc(cs2)-c2[c-]c1ccc2.CC1(C)c2[c-]c(ccc2)-c2nc(cn2-c2ccccc2)C(C)(C)c2cn(-c3ccccc3)c(n2)-c2[c-]c1ccc2.[Pt+2].[Pt+2].[Pt+2].[Pt+2]. The normalized spacial score (nSPS) is 15.1. The van der Waals surface area contributed by atoms with Crippen LogP contribution in [0.5, 0.6) is 0 Å². The quantitative estimate of drug-likeness (QED) is 0.156. The molecule has 0 amide bonds. The van der Waals surface area contributed by atoms with E-state index in [1.807, 2.05) is 62.4 Å². The van der Waals surface area contributed by atoms with Gasteiger partial charge in [-0.2, -0.15) is 0 Å². The van der Waals surface area contributed by atoms with Gasteiger partial charge in [0.15, 0.2) is 11.8 Å². The van der Waals surface area contributed by atoms with Crippen LogP contribution < -0.4 is 0 Å². The summed E-state index contributed by atoms with van der Waals surface area (Å²) in [5.74, 6) is 4.67. The van der Waals surface area contributed by atoms with Crippen LogP contribution in [0.2, 0.25) is 0 Å². The Hall–Kier alpha value is -12.1. The van der Waals surface area contributed by atoms with E-state index >= 15 is 0 Å². The van der Waals surface area contributed by atoms with Gasteiger partial charge in [-0.1, -0.05) is 128 Å². The van der Waals surface area contributed by atoms with E-state index in [4.69, 9.17) is 48.7 Å². The maximum Gasteiger partial charge on any atom is 2.00 e. The van der Waals surface area contributed by atoms with Gasteiger partial charge in [0.25, 0.3) is 0 Å². The summed E-state index contributed by atoms with van der Waals surface area (Å²) in [6.45, 7) is 34.9. The van der Waals surface area contributed by atoms with Crippen LogP contribution in [0.25, 0.3) is 113 Å². The Bertz CT molecular complexity index is 7270. The molecule has 4 aliphatic rings. The first-order chi connectivity index (χ1) is 65.3. The predicted octanol–water partition coefficient (Wildman–Crippen LogP) is 28.0. The molecule has 0 fully saturated rings. The Morgan fingerprint density at radius 1 is 0.221 bits per heavy atom. The second-order valence-electron chi connectivity index (χ2n) is 39.6. The van der Waals surface area contributed by atoms with Crippen molar-refractivity contribution in [2.45, 2.75) is 154 Å². The summed E-state index contributed by atoms with van der Waals surface area (Å²) in [5.41, 5.74) is 24.9. The molecule has 140 heavy (non-hydrogen) atoms. The van der Waals surface area contributed by atoms with Crippen molar-refractivity contribution in [2.75, 3.05) is 0 Å². The maximum atomic E-state index is 5.83. The van der Waals surface area contributed by atoms with Crippen molar-refractivity contribution in [1.82, 2.24) is 58.1 Å². The van der Waals surface area contributed by atoms with Crippen molar-refractivity contribution in [2.24, 2.45) is 0 Å². The summed E-state index contributed by atoms with van der Waals surface area (Å²) < 4.78 is 20.4. The third-order valence-corrected chi connectivity index (χ3v) is 29.7. The fraction of sp³-hybridized carbons (Fsp3) is 0.200. The molecule has 8 aromatic heterocycles. The van der Waals surface area contributed by atoms with Crippen LogP contribution in [-0.4, -0.2) is 58.1 Å². The van der Waals surface area contributed by atoms with E-state index in [0.717, 1.165) is 191 Å². The molecule has 12 heterocycles. The maximum absolute atomic E-state index is 5.83. The molecule has 24 rings (SSSR count). The van der Waals surface area contributed by atoms with Crippen molar-refractivity contribution in [1.29, 1.82) is 0 Å². The molecule has 0 atom stereocenters. The molecular formula is C120H100N12O2Pt4S2. The average Bonchev–Trinajstić information content (AvgIpc) is 1.58. The molecule has 0 aliphatic carbocycles. The van der Waals surface area contributed by atoms with Crippen LogP contribution in [-0.2, 0) is 128 Å². The van der Waals surface area contributed by atoms with Crippen LogP contribution >= 0.6 is 22.7 Å². The van der Waals surface area contributed by atoms with Crippen molar-refractivity contribution < 1.29 is 93.1 Å². The molecule has 14 nitrogen and oxygen atoms in total. The zero-order valence-electron chi connectivity index (χ0n) is 80.3. The van der Waals surface area contributed by atoms with Crippen LogP contribution in [0.1, 0.15) is 200 Å². The molecule has 0 N–H and O–H groups in total. The van der Waals surface area contributed by atoms with Crippen molar-refractivity contribution in [3.63, 3.8) is 0 Å². The third kappa shape index (κ3) is 18.3. The molecule has 20 heteroatoms. The van der Waals surface area contributed by atoms with Crippen molar-refractivity contribution in [3.8, 4) is 113 Å². The molecule has 704 valence electrons. The summed E-state index contributed by atoms with van der Waals surface area (Å²) in [6, 6.07) is 121. The fourth-order valence-corrected chi connectivity index (χ4v) is 20.3. The van der Waals surface area contributed by atoms with E-state index in [-0.39, 0.29) is 111 Å². The summed E-state index contributed by atoms with van der Waals surface area (Å²) in [5, 5.41) is 6.44. The van der Waals surface area contributed by atoms with Crippen molar-refractivity contribution in [3.05, 3.63) is 453 Å². The van der Waals surface area contributed by atoms with Gasteiger partial charge in [0.05, 0.1) is 61.8 Å². The van der Waals surface area contributed by atoms with Gasteiger partial charge in [0.1, 0.15) is 17.1 Å². The number of aromatic nitrogens is 12. The molecule has 0 unspecified atom stereocenters. The van der Waals surface area contributed by atoms with Crippen LogP contribution in [0.3, 0.4) is 0 Å². The Morgan fingerprint density at radius 3 is 0.771 bits per heavy atom. The number of hydrogen-bond donors (Lipinski definition) is 0. The number of rotatable bonds is 4. The number of nitrogens with zero attached hydrogens (tertiary/aromatic N) is 12. The minimum atomic E-state index is -0.602. The van der Waals surface area contributed by atoms with Gasteiger partial charge in [-0.05, 0) is 160 Å². The average molecular weight is 2590 g/mol. The van der Waals surface area contributed by atoms with E-state index < -0.39 is 16.2 Å². The number of fused-ring (bicyclic) bond motifs is 40. The number of hydrogen-bond acceptors (Lipinski definition) is 12. The molecule has 4 aliphatic heterocycles. The first-order valence-electron chi connectivity index (χ1n) is 46.1. The molecule has 20 aromatic rings. The molecule has 32 bridgehead atoms. The largest absolute Gasteiger partial charge is 2.00 e. The molecule has 0 saturated carbocycles. The summed E-state index contributed by atoms with van der Waals surface area (Å²) in [7, 11) is 0. The summed E-state index contributed by atoms with van der Waals surface area (Å²) >= 11 is 3.40. The zero-order chi connectivity index (χ0) is 94.0. The van der Waals surface area contributed by atoms with Gasteiger partial charge in [-0.15, -0.1) is 306 Å². The Morgan fingerprint density at radius 2 is 0.479 bits per heavy atom. The van der Waals surface area contributed by atoms with Gasteiger partial charge in [0, 0.05) is 57.9 Å². The monoisotopic (exact) mass is 2580 g/mol. The smallest absolute Gasteiger partial charge is 0.458 e. The number of imidazole rings is 4. The van der Waals surface area contributed by atoms with Crippen LogP contribution in [0, 0.1) is 48.5 Å². The number of thiazole rings is 2. The van der Waals surface area contributed by atoms with Gasteiger partial charge in [0.2, 0.25) is 0 Å². The predicted molar refractivity (Wildman–Crippen MR) is 543 cm³/mol. The number of para-hydroxylation sites is 4. The number of oxazole rings is 2. The minimum Gasteiger partial charge on any atom is -0.458 e. The van der Waals surface area contributed by atoms with E-state index in [2.05, 4.69) is 418 Å². The third-order valence-electron chi connectivity index (χ3n) is 27.4. The van der Waals surface area contributed by atoms with E-state index in [1.54, 1.807) is 35.2 Å². The van der Waals surface area contributed by atoms with E-state index in [9.17, 15) is 0 Å². The van der Waals surface area contributed by atoms with Crippen molar-refractivity contribution >= 4 is 22.7 Å². The second kappa shape index (κ2) is 38.7. The van der Waals surface area contributed by atoms with E-state index in [1.165, 1.54) is 0 Å². The topological polar surface area (TPSA) is 149 Å². The van der Waals surface area contributed by atoms with Gasteiger partial charge in [-0.3, -0.25) is 39.9 Å². The van der Waals surface area contributed by atoms with Crippen LogP contribution in [0.4, 0.5) is 0 Å². The summed E-state index contributed by atoms with van der Waals surface area (Å²) in [6.07, 6.45) is 11.9. The Balaban J connectivity index is 0.000000129. The first kappa shape index (κ1) is 99.5. The standard InChI is InChI=1S/2C36H30N4.C24H20N2O2.C24H20N2S2.4Pt/c1-35(2)27-15-11-13-25(21-27)33-37-31(23-39(33)29-17-7-5-8-18-29)36(3,4)32-24-40(30-19-9-6-10-20-30)34(38-32)26-14-12-16-28(35)22-26;1-35(2)27-15-11-13-25(21-27)31-23-39(29-17-7-5-8-18-29)33(37-31)36(3,4)34-38-32(26-14-12-16-28(35)22-26)24-40(34)30-19-9-6-10-20-30;2*1-23(2)17-9-5-7-15(11-17)19-13-27-21(25-19)24(3,4)22-26-20(14-28-22)16-8-6-10-18(23)12-16;;;;/h2*5-20,23-24H,1-4H3;2*5-10,13-14H,1-4H3;;;;/q4*-2;4*+2. The first-order valence-corrected chi connectivity index (χ1v) is 47.8. The second-order valence-corrected chi connectivity index (χ2v) is 41.3. The Kier molecular flexibility index (Phi) is 27.5. The molecular weight excluding hydrogens is 2490 g/mol. The fourth-order valence-electron chi connectivity index (χ4n) is 18.3.